The molecule has 2 aliphatic rings. The summed E-state index contributed by atoms with van der Waals surface area (Å²) in [5.74, 6) is -0.502. The van der Waals surface area contributed by atoms with Crippen molar-refractivity contribution < 1.29 is 14.4 Å². The fourth-order valence-electron chi connectivity index (χ4n) is 3.02. The maximum absolute atomic E-state index is 12.8. The van der Waals surface area contributed by atoms with Gasteiger partial charge in [0.2, 0.25) is 17.7 Å². The van der Waals surface area contributed by atoms with Crippen LogP contribution in [-0.4, -0.2) is 53.7 Å². The van der Waals surface area contributed by atoms with Crippen molar-refractivity contribution in [2.24, 2.45) is 5.41 Å². The van der Waals surface area contributed by atoms with E-state index in [9.17, 15) is 14.4 Å². The van der Waals surface area contributed by atoms with Crippen molar-refractivity contribution in [3.63, 3.8) is 0 Å². The van der Waals surface area contributed by atoms with Crippen molar-refractivity contribution in [1.29, 1.82) is 0 Å². The van der Waals surface area contributed by atoms with Gasteiger partial charge in [-0.05, 0) is 31.0 Å². The smallest absolute Gasteiger partial charge is 0.240 e. The van der Waals surface area contributed by atoms with Crippen molar-refractivity contribution in [1.82, 2.24) is 9.80 Å². The third-order valence-corrected chi connectivity index (χ3v) is 5.33. The summed E-state index contributed by atoms with van der Waals surface area (Å²) >= 11 is 11.9. The third-order valence-electron chi connectivity index (χ3n) is 4.79. The van der Waals surface area contributed by atoms with E-state index in [1.54, 1.807) is 28.0 Å². The Kier molecular flexibility index (Phi) is 4.93. The van der Waals surface area contributed by atoms with Crippen molar-refractivity contribution in [3.05, 3.63) is 28.2 Å². The molecule has 1 aliphatic heterocycles. The fraction of sp³-hybridized carbons (Fsp3) is 0.471. The first-order valence-electron chi connectivity index (χ1n) is 8.15. The van der Waals surface area contributed by atoms with Crippen LogP contribution in [0.2, 0.25) is 10.0 Å². The number of hydrogen-bond donors (Lipinski definition) is 1. The largest absolute Gasteiger partial charge is 0.339 e. The van der Waals surface area contributed by atoms with Gasteiger partial charge in [0.25, 0.3) is 0 Å². The predicted molar refractivity (Wildman–Crippen MR) is 95.6 cm³/mol. The Morgan fingerprint density at radius 1 is 1.04 bits per heavy atom. The van der Waals surface area contributed by atoms with Crippen LogP contribution < -0.4 is 5.32 Å². The van der Waals surface area contributed by atoms with Gasteiger partial charge in [0.05, 0.1) is 10.7 Å². The highest BCUT2D eigenvalue weighted by Gasteiger charge is 2.58. The summed E-state index contributed by atoms with van der Waals surface area (Å²) in [6.07, 6.45) is 1.05. The summed E-state index contributed by atoms with van der Waals surface area (Å²) in [5, 5.41) is 3.55. The van der Waals surface area contributed by atoms with E-state index in [4.69, 9.17) is 23.2 Å². The highest BCUT2D eigenvalue weighted by atomic mass is 35.5. The first-order chi connectivity index (χ1) is 11.8. The van der Waals surface area contributed by atoms with Gasteiger partial charge in [-0.25, -0.2) is 0 Å². The van der Waals surface area contributed by atoms with Crippen LogP contribution in [0.5, 0.6) is 0 Å². The molecule has 1 saturated carbocycles. The molecule has 1 aromatic rings. The van der Waals surface area contributed by atoms with Crippen molar-refractivity contribution in [2.75, 3.05) is 31.5 Å². The number of benzene rings is 1. The topological polar surface area (TPSA) is 69.7 Å². The lowest BCUT2D eigenvalue weighted by molar-refractivity contribution is -0.146. The maximum atomic E-state index is 12.8. The molecular weight excluding hydrogens is 365 g/mol. The van der Waals surface area contributed by atoms with Crippen LogP contribution >= 0.6 is 23.2 Å². The molecule has 25 heavy (non-hydrogen) atoms. The number of piperazine rings is 1. The maximum Gasteiger partial charge on any atom is 0.240 e. The molecule has 6 nitrogen and oxygen atoms in total. The second kappa shape index (κ2) is 6.84. The van der Waals surface area contributed by atoms with Crippen LogP contribution in [0.1, 0.15) is 19.8 Å². The second-order valence-electron chi connectivity index (χ2n) is 6.46. The minimum absolute atomic E-state index is 0.00311. The first kappa shape index (κ1) is 18.0. The minimum atomic E-state index is -1.01. The Bertz CT molecular complexity index is 726. The number of halogens is 2. The number of anilines is 1. The van der Waals surface area contributed by atoms with Crippen LogP contribution in [-0.2, 0) is 14.4 Å². The molecule has 1 saturated heterocycles. The van der Waals surface area contributed by atoms with Gasteiger partial charge < -0.3 is 15.1 Å². The van der Waals surface area contributed by atoms with Gasteiger partial charge in [0.1, 0.15) is 5.41 Å². The van der Waals surface area contributed by atoms with E-state index in [1.165, 1.54) is 6.92 Å². The SMILES string of the molecule is CC(=O)N1CCN(C(=O)C2(C(=O)Nc3ccc(Cl)cc3Cl)CC2)CC1. The van der Waals surface area contributed by atoms with E-state index in [2.05, 4.69) is 5.32 Å². The summed E-state index contributed by atoms with van der Waals surface area (Å²) < 4.78 is 0. The molecule has 0 aromatic heterocycles. The molecule has 0 bridgehead atoms. The second-order valence-corrected chi connectivity index (χ2v) is 7.30. The Hall–Kier alpha value is -1.79. The Morgan fingerprint density at radius 3 is 2.16 bits per heavy atom. The molecule has 0 atom stereocenters. The number of carbonyl (C=O) groups excluding carboxylic acids is 3. The molecule has 1 aliphatic carbocycles. The van der Waals surface area contributed by atoms with Crippen LogP contribution in [0, 0.1) is 5.41 Å². The molecular formula is C17H19Cl2N3O3. The van der Waals surface area contributed by atoms with E-state index in [0.29, 0.717) is 54.8 Å². The van der Waals surface area contributed by atoms with Crippen molar-refractivity contribution in [2.45, 2.75) is 19.8 Å². The average molecular weight is 384 g/mol. The lowest BCUT2D eigenvalue weighted by Gasteiger charge is -2.35. The van der Waals surface area contributed by atoms with Crippen LogP contribution in [0.3, 0.4) is 0 Å². The van der Waals surface area contributed by atoms with Gasteiger partial charge in [0.15, 0.2) is 0 Å². The van der Waals surface area contributed by atoms with Gasteiger partial charge in [-0.15, -0.1) is 0 Å². The summed E-state index contributed by atoms with van der Waals surface area (Å²) in [6, 6.07) is 4.79. The lowest BCUT2D eigenvalue weighted by atomic mass is 10.0. The molecule has 0 spiro atoms. The molecule has 1 heterocycles. The van der Waals surface area contributed by atoms with Gasteiger partial charge in [-0.1, -0.05) is 23.2 Å². The number of hydrogen-bond acceptors (Lipinski definition) is 3. The Labute approximate surface area is 156 Å². The lowest BCUT2D eigenvalue weighted by Crippen LogP contribution is -2.53. The highest BCUT2D eigenvalue weighted by molar-refractivity contribution is 6.36. The van der Waals surface area contributed by atoms with E-state index < -0.39 is 5.41 Å². The molecule has 3 rings (SSSR count). The standard InChI is InChI=1S/C17H19Cl2N3O3/c1-11(23)21-6-8-22(9-7-21)16(25)17(4-5-17)15(24)20-14-3-2-12(18)10-13(14)19/h2-3,10H,4-9H2,1H3,(H,20,24). The first-order valence-corrected chi connectivity index (χ1v) is 8.90. The predicted octanol–water partition coefficient (Wildman–Crippen LogP) is 2.40. The molecule has 1 aromatic carbocycles. The van der Waals surface area contributed by atoms with Gasteiger partial charge in [-0.2, -0.15) is 0 Å². The van der Waals surface area contributed by atoms with Crippen LogP contribution in [0.4, 0.5) is 5.69 Å². The quantitative estimate of drug-likeness (QED) is 0.814. The normalized spacial score (nSPS) is 18.7. The number of rotatable bonds is 3. The average Bonchev–Trinajstić information content (AvgIpc) is 3.38. The number of carbonyl (C=O) groups is 3. The monoisotopic (exact) mass is 383 g/mol. The van der Waals surface area contributed by atoms with E-state index in [0.717, 1.165) is 0 Å². The molecule has 1 N–H and O–H groups in total. The number of nitrogens with one attached hydrogen (secondary N) is 1. The van der Waals surface area contributed by atoms with Gasteiger partial charge in [0, 0.05) is 38.1 Å². The number of nitrogens with zero attached hydrogens (tertiary/aromatic N) is 2. The zero-order chi connectivity index (χ0) is 18.2. The van der Waals surface area contributed by atoms with Gasteiger partial charge >= 0.3 is 0 Å². The molecule has 0 radical (unpaired) electrons. The number of amides is 3. The van der Waals surface area contributed by atoms with Crippen molar-refractivity contribution >= 4 is 46.6 Å². The summed E-state index contributed by atoms with van der Waals surface area (Å²) in [4.78, 5) is 40.3. The van der Waals surface area contributed by atoms with Gasteiger partial charge in [-0.3, -0.25) is 14.4 Å². The van der Waals surface area contributed by atoms with E-state index in [-0.39, 0.29) is 17.7 Å². The fourth-order valence-corrected chi connectivity index (χ4v) is 3.48. The van der Waals surface area contributed by atoms with E-state index >= 15 is 0 Å². The summed E-state index contributed by atoms with van der Waals surface area (Å²) in [5.41, 5.74) is -0.571. The molecule has 8 heteroatoms. The highest BCUT2D eigenvalue weighted by Crippen LogP contribution is 2.48. The Balaban J connectivity index is 1.66. The third kappa shape index (κ3) is 3.60. The molecule has 0 unspecified atom stereocenters. The zero-order valence-corrected chi connectivity index (χ0v) is 15.4. The van der Waals surface area contributed by atoms with Crippen LogP contribution in [0.15, 0.2) is 18.2 Å². The molecule has 3 amide bonds. The zero-order valence-electron chi connectivity index (χ0n) is 13.8. The molecule has 2 fully saturated rings. The van der Waals surface area contributed by atoms with Crippen LogP contribution in [0.25, 0.3) is 0 Å². The summed E-state index contributed by atoms with van der Waals surface area (Å²) in [6.45, 7) is 3.43. The minimum Gasteiger partial charge on any atom is -0.339 e. The van der Waals surface area contributed by atoms with E-state index in [1.807, 2.05) is 0 Å². The van der Waals surface area contributed by atoms with Crippen molar-refractivity contribution in [3.8, 4) is 0 Å². The summed E-state index contributed by atoms with van der Waals surface area (Å²) in [7, 11) is 0. The molecule has 134 valence electrons. The Morgan fingerprint density at radius 2 is 1.64 bits per heavy atom.